The van der Waals surface area contributed by atoms with Crippen molar-refractivity contribution in [2.45, 2.75) is 0 Å². The molecule has 1 N–H and O–H groups in total. The van der Waals surface area contributed by atoms with Gasteiger partial charge in [-0.2, -0.15) is 10.5 Å². The summed E-state index contributed by atoms with van der Waals surface area (Å²) in [4.78, 5) is 0. The molecule has 0 spiro atoms. The number of hydrogen-bond donors (Lipinski definition) is 1. The van der Waals surface area contributed by atoms with E-state index in [1.807, 2.05) is 0 Å². The zero-order valence-corrected chi connectivity index (χ0v) is 6.29. The van der Waals surface area contributed by atoms with Gasteiger partial charge in [-0.1, -0.05) is 5.16 Å². The molecule has 0 bridgehead atoms. The first-order chi connectivity index (χ1) is 3.35. The molecule has 0 aliphatic rings. The molecule has 0 aliphatic carbocycles. The molecule has 8 heavy (non-hydrogen) atoms. The molecule has 0 amide bonds. The van der Waals surface area contributed by atoms with Crippen molar-refractivity contribution in [1.82, 2.24) is 0 Å². The summed E-state index contributed by atoms with van der Waals surface area (Å²) < 4.78 is 0. The van der Waals surface area contributed by atoms with Crippen LogP contribution < -0.4 is 29.6 Å². The smallest absolute Gasteiger partial charge is 1.00 e. The van der Waals surface area contributed by atoms with Gasteiger partial charge in [-0.15, -0.1) is 0 Å². The molecule has 0 heterocycles. The zero-order valence-electron chi connectivity index (χ0n) is 5.29. The monoisotopic (exact) mass is 119 g/mol. The molecule has 0 atom stereocenters. The maximum atomic E-state index is 7.76. The van der Waals surface area contributed by atoms with E-state index in [9.17, 15) is 0 Å². The molecule has 0 radical (unpaired) electrons. The van der Waals surface area contributed by atoms with Crippen LogP contribution in [0.5, 0.6) is 0 Å². The Labute approximate surface area is 69.8 Å². The fourth-order valence-electron chi connectivity index (χ4n) is 0.0697. The maximum Gasteiger partial charge on any atom is 1.00 e. The number of hydrogen-bond acceptors (Lipinski definition) is 4. The van der Waals surface area contributed by atoms with Crippen LogP contribution in [0.15, 0.2) is 5.16 Å². The van der Waals surface area contributed by atoms with Crippen LogP contribution in [-0.2, 0) is 0 Å². The Hall–Kier alpha value is -0.550. The summed E-state index contributed by atoms with van der Waals surface area (Å²) in [7, 11) is 0. The summed E-state index contributed by atoms with van der Waals surface area (Å²) in [6.07, 6.45) is 0. The van der Waals surface area contributed by atoms with Crippen LogP contribution in [0, 0.1) is 22.7 Å². The van der Waals surface area contributed by atoms with Crippen molar-refractivity contribution >= 4 is 5.71 Å². The van der Waals surface area contributed by atoms with Crippen molar-refractivity contribution in [1.29, 1.82) is 10.5 Å². The van der Waals surface area contributed by atoms with Gasteiger partial charge < -0.3 is 6.63 Å². The number of oxime groups is 1. The van der Waals surface area contributed by atoms with Gasteiger partial charge in [0.2, 0.25) is 0 Å². The molecule has 0 aromatic rings. The van der Waals surface area contributed by atoms with Crippen LogP contribution in [0.3, 0.4) is 0 Å². The Kier molecular flexibility index (Phi) is 8.41. The van der Waals surface area contributed by atoms with Gasteiger partial charge in [0.1, 0.15) is 12.1 Å². The minimum atomic E-state index is -0.528. The van der Waals surface area contributed by atoms with E-state index in [0.29, 0.717) is 0 Å². The molecule has 0 fully saturated rings. The van der Waals surface area contributed by atoms with Crippen LogP contribution >= 0.6 is 0 Å². The Morgan fingerprint density at radius 1 is 1.50 bits per heavy atom. The quantitative estimate of drug-likeness (QED) is 0.159. The Bertz CT molecular complexity index is 151. The van der Waals surface area contributed by atoms with Crippen molar-refractivity contribution in [2.75, 3.05) is 0 Å². The third kappa shape index (κ3) is 3.63. The predicted molar refractivity (Wildman–Crippen MR) is 21.6 cm³/mol. The third-order valence-corrected chi connectivity index (χ3v) is 0.312. The number of nitrogens with zero attached hydrogens (tertiary/aromatic N) is 3. The van der Waals surface area contributed by atoms with Crippen LogP contribution in [0.1, 0.15) is 1.43 Å². The third-order valence-electron chi connectivity index (χ3n) is 0.312. The van der Waals surface area contributed by atoms with Gasteiger partial charge in [0.05, 0.1) is 0 Å². The van der Waals surface area contributed by atoms with Gasteiger partial charge in [0.15, 0.2) is 0 Å². The number of nitriles is 2. The van der Waals surface area contributed by atoms with Crippen LogP contribution in [-0.4, -0.2) is 10.9 Å². The largest absolute Gasteiger partial charge is 1.00 e. The standard InChI is InChI=1S/C3HN3O.Na.H/c4-1-3(2-5)6-7;;/h7H;;/q;+1;-1. The normalized spacial score (nSPS) is 4.75. The maximum absolute atomic E-state index is 7.76. The molecule has 0 aromatic carbocycles. The fourth-order valence-corrected chi connectivity index (χ4v) is 0.0697. The predicted octanol–water partition coefficient (Wildman–Crippen LogP) is -3.02. The first kappa shape index (κ1) is 10.4. The molecular weight excluding hydrogens is 117 g/mol. The van der Waals surface area contributed by atoms with E-state index in [4.69, 9.17) is 15.7 Å². The fraction of sp³-hybridized carbons (Fsp3) is 0. The summed E-state index contributed by atoms with van der Waals surface area (Å²) in [6, 6.07) is 2.68. The molecule has 0 saturated carbocycles. The summed E-state index contributed by atoms with van der Waals surface area (Å²) >= 11 is 0. The van der Waals surface area contributed by atoms with Crippen LogP contribution in [0.4, 0.5) is 0 Å². The van der Waals surface area contributed by atoms with E-state index in [2.05, 4.69) is 5.16 Å². The van der Waals surface area contributed by atoms with E-state index < -0.39 is 5.71 Å². The second-order valence-corrected chi connectivity index (χ2v) is 0.672. The second-order valence-electron chi connectivity index (χ2n) is 0.672. The molecular formula is C3H2N3NaO. The number of rotatable bonds is 0. The Balaban J connectivity index is -0.000000180. The topological polar surface area (TPSA) is 80.2 Å². The molecule has 0 aliphatic heterocycles. The molecule has 36 valence electrons. The van der Waals surface area contributed by atoms with Gasteiger partial charge in [0.25, 0.3) is 5.71 Å². The average molecular weight is 119 g/mol. The molecule has 5 heteroatoms. The van der Waals surface area contributed by atoms with Crippen molar-refractivity contribution in [3.05, 3.63) is 0 Å². The molecule has 0 aromatic heterocycles. The summed E-state index contributed by atoms with van der Waals surface area (Å²) in [5.41, 5.74) is -0.528. The molecule has 4 nitrogen and oxygen atoms in total. The zero-order chi connectivity index (χ0) is 5.70. The minimum absolute atomic E-state index is 0. The second kappa shape index (κ2) is 6.45. The van der Waals surface area contributed by atoms with E-state index in [0.717, 1.165) is 0 Å². The summed E-state index contributed by atoms with van der Waals surface area (Å²) in [6.45, 7) is 0. The van der Waals surface area contributed by atoms with Gasteiger partial charge >= 0.3 is 29.6 Å². The van der Waals surface area contributed by atoms with Crippen molar-refractivity contribution in [2.24, 2.45) is 5.16 Å². The summed E-state index contributed by atoms with van der Waals surface area (Å²) in [5, 5.41) is 25.5. The molecule has 0 saturated heterocycles. The van der Waals surface area contributed by atoms with E-state index in [1.54, 1.807) is 0 Å². The van der Waals surface area contributed by atoms with E-state index in [1.165, 1.54) is 12.1 Å². The van der Waals surface area contributed by atoms with Crippen molar-refractivity contribution in [3.8, 4) is 12.1 Å². The van der Waals surface area contributed by atoms with Crippen LogP contribution in [0.2, 0.25) is 0 Å². The van der Waals surface area contributed by atoms with E-state index in [-0.39, 0.29) is 31.0 Å². The first-order valence-electron chi connectivity index (χ1n) is 1.37. The molecule has 0 unspecified atom stereocenters. The Morgan fingerprint density at radius 2 is 1.88 bits per heavy atom. The van der Waals surface area contributed by atoms with Crippen molar-refractivity contribution in [3.63, 3.8) is 0 Å². The first-order valence-corrected chi connectivity index (χ1v) is 1.37. The van der Waals surface area contributed by atoms with Gasteiger partial charge in [0, 0.05) is 0 Å². The van der Waals surface area contributed by atoms with Gasteiger partial charge in [-0.05, 0) is 0 Å². The molecule has 0 rings (SSSR count). The van der Waals surface area contributed by atoms with Crippen LogP contribution in [0.25, 0.3) is 0 Å². The Morgan fingerprint density at radius 3 is 1.88 bits per heavy atom. The summed E-state index contributed by atoms with van der Waals surface area (Å²) in [5.74, 6) is 0. The van der Waals surface area contributed by atoms with Gasteiger partial charge in [-0.25, -0.2) is 0 Å². The van der Waals surface area contributed by atoms with E-state index >= 15 is 0 Å². The SMILES string of the molecule is N#CC(C#N)=NO.[H-].[Na+]. The minimum Gasteiger partial charge on any atom is -1.00 e. The average Bonchev–Trinajstić information content (AvgIpc) is 1.72. The van der Waals surface area contributed by atoms with Gasteiger partial charge in [-0.3, -0.25) is 0 Å². The van der Waals surface area contributed by atoms with Crippen molar-refractivity contribution < 1.29 is 36.2 Å².